The van der Waals surface area contributed by atoms with Crippen molar-refractivity contribution in [1.29, 1.82) is 0 Å². The maximum Gasteiger partial charge on any atom is 0.249 e. The molecule has 0 radical (unpaired) electrons. The second-order valence-corrected chi connectivity index (χ2v) is 2.08. The molecule has 0 aromatic carbocycles. The molecule has 40 valence electrons. The minimum Gasteiger partial charge on any atom is -0.388 e. The predicted molar refractivity (Wildman–Crippen MR) is 27.8 cm³/mol. The van der Waals surface area contributed by atoms with Crippen LogP contribution in [0.5, 0.6) is 0 Å². The Bertz CT molecular complexity index is 90.7. The van der Waals surface area contributed by atoms with Crippen molar-refractivity contribution in [2.24, 2.45) is 0 Å². The Morgan fingerprint density at radius 2 is 2.14 bits per heavy atom. The van der Waals surface area contributed by atoms with E-state index < -0.39 is 5.54 Å². The second kappa shape index (κ2) is 1.94. The highest BCUT2D eigenvalue weighted by Gasteiger charge is 2.19. The van der Waals surface area contributed by atoms with E-state index in [4.69, 9.17) is 11.7 Å². The number of nitrogens with zero attached hydrogens (tertiary/aromatic N) is 1. The minimum atomic E-state index is -0.569. The Hall–Kier alpha value is -0.550. The highest BCUT2D eigenvalue weighted by molar-refractivity contribution is 4.88. The highest BCUT2D eigenvalue weighted by atomic mass is 16.3. The first-order chi connectivity index (χ1) is 3.12. The predicted octanol–water partition coefficient (Wildman–Crippen LogP) is 0.677. The van der Waals surface area contributed by atoms with E-state index in [1.54, 1.807) is 13.8 Å². The molecule has 7 heavy (non-hydrogen) atoms. The molecule has 0 fully saturated rings. The average molecular weight is 99.1 g/mol. The Balaban J connectivity index is 3.66. The van der Waals surface area contributed by atoms with Gasteiger partial charge in [-0.05, 0) is 0 Å². The molecule has 2 nitrogen and oxygen atoms in total. The van der Waals surface area contributed by atoms with Crippen molar-refractivity contribution < 1.29 is 5.11 Å². The molecule has 1 N–H and O–H groups in total. The Morgan fingerprint density at radius 1 is 1.71 bits per heavy atom. The fraction of sp³-hybridized carbons (Fsp3) is 0.800. The van der Waals surface area contributed by atoms with Crippen LogP contribution in [0.1, 0.15) is 13.8 Å². The van der Waals surface area contributed by atoms with Crippen LogP contribution >= 0.6 is 0 Å². The van der Waals surface area contributed by atoms with E-state index in [1.165, 1.54) is 0 Å². The molecule has 0 rings (SSSR count). The van der Waals surface area contributed by atoms with Crippen LogP contribution in [0.15, 0.2) is 0 Å². The van der Waals surface area contributed by atoms with Crippen molar-refractivity contribution in [3.8, 4) is 0 Å². The van der Waals surface area contributed by atoms with Crippen LogP contribution < -0.4 is 0 Å². The molecule has 0 unspecified atom stereocenters. The zero-order valence-corrected chi connectivity index (χ0v) is 4.60. The average Bonchev–Trinajstić information content (AvgIpc) is 1.68. The molecule has 0 heterocycles. The third-order valence-electron chi connectivity index (χ3n) is 0.690. The smallest absolute Gasteiger partial charge is 0.249 e. The Morgan fingerprint density at radius 3 is 2.14 bits per heavy atom. The van der Waals surface area contributed by atoms with Crippen molar-refractivity contribution >= 4 is 0 Å². The fourth-order valence-electron chi connectivity index (χ4n) is 0.0354. The van der Waals surface area contributed by atoms with Gasteiger partial charge in [-0.3, -0.25) is 0 Å². The highest BCUT2D eigenvalue weighted by Crippen LogP contribution is 2.04. The van der Waals surface area contributed by atoms with Crippen LogP contribution in [0.4, 0.5) is 0 Å². The first-order valence-corrected chi connectivity index (χ1v) is 2.12. The van der Waals surface area contributed by atoms with Gasteiger partial charge in [0.05, 0.1) is 0 Å². The summed E-state index contributed by atoms with van der Waals surface area (Å²) in [5.74, 6) is 0. The summed E-state index contributed by atoms with van der Waals surface area (Å²) in [5.41, 5.74) is -0.569. The topological polar surface area (TPSA) is 24.6 Å². The normalized spacial score (nSPS) is 10.6. The second-order valence-electron chi connectivity index (χ2n) is 2.08. The molecular formula is C5H9NO. The van der Waals surface area contributed by atoms with E-state index in [-0.39, 0.29) is 6.61 Å². The third kappa shape index (κ3) is 2.18. The molecule has 0 saturated heterocycles. The molecule has 0 saturated carbocycles. The van der Waals surface area contributed by atoms with E-state index in [0.29, 0.717) is 0 Å². The number of hydrogen-bond donors (Lipinski definition) is 1. The lowest BCUT2D eigenvalue weighted by molar-refractivity contribution is 0.244. The van der Waals surface area contributed by atoms with Crippen LogP contribution in [0.25, 0.3) is 4.85 Å². The summed E-state index contributed by atoms with van der Waals surface area (Å²) in [4.78, 5) is 3.14. The van der Waals surface area contributed by atoms with Gasteiger partial charge in [0.2, 0.25) is 5.54 Å². The van der Waals surface area contributed by atoms with Crippen molar-refractivity contribution in [2.45, 2.75) is 19.4 Å². The molecule has 2 heteroatoms. The van der Waals surface area contributed by atoms with E-state index in [0.717, 1.165) is 0 Å². The number of aliphatic hydroxyl groups is 1. The summed E-state index contributed by atoms with van der Waals surface area (Å²) in [6, 6.07) is 0. The van der Waals surface area contributed by atoms with Crippen LogP contribution in [-0.2, 0) is 0 Å². The van der Waals surface area contributed by atoms with Crippen molar-refractivity contribution in [3.05, 3.63) is 11.4 Å². The van der Waals surface area contributed by atoms with Gasteiger partial charge < -0.3 is 9.95 Å². The summed E-state index contributed by atoms with van der Waals surface area (Å²) >= 11 is 0. The summed E-state index contributed by atoms with van der Waals surface area (Å²) in [5, 5.41) is 8.38. The molecule has 0 atom stereocenters. The van der Waals surface area contributed by atoms with Crippen LogP contribution in [0.3, 0.4) is 0 Å². The Kier molecular flexibility index (Phi) is 1.79. The molecule has 0 spiro atoms. The van der Waals surface area contributed by atoms with Gasteiger partial charge in [-0.1, -0.05) is 0 Å². The van der Waals surface area contributed by atoms with Gasteiger partial charge in [0.1, 0.15) is 6.61 Å². The van der Waals surface area contributed by atoms with Crippen LogP contribution in [-0.4, -0.2) is 17.3 Å². The monoisotopic (exact) mass is 99.1 g/mol. The summed E-state index contributed by atoms with van der Waals surface area (Å²) in [7, 11) is 0. The van der Waals surface area contributed by atoms with Gasteiger partial charge >= 0.3 is 0 Å². The molecule has 0 aliphatic rings. The molecule has 0 aliphatic heterocycles. The lowest BCUT2D eigenvalue weighted by Crippen LogP contribution is -2.18. The SMILES string of the molecule is [C-]#[N+]C(C)(C)CO. The number of hydrogen-bond acceptors (Lipinski definition) is 1. The van der Waals surface area contributed by atoms with Gasteiger partial charge in [0.15, 0.2) is 0 Å². The van der Waals surface area contributed by atoms with E-state index >= 15 is 0 Å². The standard InChI is InChI=1S/C5H9NO/c1-5(2,4-7)6-3/h7H,4H2,1-2H3. The van der Waals surface area contributed by atoms with Crippen molar-refractivity contribution in [1.82, 2.24) is 0 Å². The van der Waals surface area contributed by atoms with Crippen molar-refractivity contribution in [3.63, 3.8) is 0 Å². The van der Waals surface area contributed by atoms with E-state index in [9.17, 15) is 0 Å². The molecule has 0 bridgehead atoms. The number of aliphatic hydroxyl groups excluding tert-OH is 1. The van der Waals surface area contributed by atoms with Crippen LogP contribution in [0.2, 0.25) is 0 Å². The van der Waals surface area contributed by atoms with E-state index in [2.05, 4.69) is 4.85 Å². The summed E-state index contributed by atoms with van der Waals surface area (Å²) in [6.07, 6.45) is 0. The Labute approximate surface area is 43.6 Å². The zero-order valence-electron chi connectivity index (χ0n) is 4.60. The van der Waals surface area contributed by atoms with Crippen molar-refractivity contribution in [2.75, 3.05) is 6.61 Å². The van der Waals surface area contributed by atoms with Gasteiger partial charge in [-0.2, -0.15) is 0 Å². The lowest BCUT2D eigenvalue weighted by atomic mass is 10.1. The van der Waals surface area contributed by atoms with Gasteiger partial charge in [-0.25, -0.2) is 6.57 Å². The molecule has 0 aromatic heterocycles. The third-order valence-corrected chi connectivity index (χ3v) is 0.690. The number of rotatable bonds is 1. The quantitative estimate of drug-likeness (QED) is 0.480. The molecule has 0 aromatic rings. The fourth-order valence-corrected chi connectivity index (χ4v) is 0.0354. The maximum atomic E-state index is 8.38. The van der Waals surface area contributed by atoms with Gasteiger partial charge in [-0.15, -0.1) is 0 Å². The van der Waals surface area contributed by atoms with E-state index in [1.807, 2.05) is 0 Å². The minimum absolute atomic E-state index is 0.0590. The molecule has 0 amide bonds. The van der Waals surface area contributed by atoms with Crippen LogP contribution in [0, 0.1) is 6.57 Å². The first kappa shape index (κ1) is 6.45. The summed E-state index contributed by atoms with van der Waals surface area (Å²) < 4.78 is 0. The lowest BCUT2D eigenvalue weighted by Gasteiger charge is -2.03. The molecular weight excluding hydrogens is 90.1 g/mol. The first-order valence-electron chi connectivity index (χ1n) is 2.12. The maximum absolute atomic E-state index is 8.38. The molecule has 0 aliphatic carbocycles. The summed E-state index contributed by atoms with van der Waals surface area (Å²) in [6.45, 7) is 9.80. The zero-order chi connectivity index (χ0) is 5.91. The largest absolute Gasteiger partial charge is 0.388 e. The van der Waals surface area contributed by atoms with Gasteiger partial charge in [0, 0.05) is 13.8 Å². The van der Waals surface area contributed by atoms with Gasteiger partial charge in [0.25, 0.3) is 0 Å².